The molecule has 0 aliphatic carbocycles. The third-order valence-electron chi connectivity index (χ3n) is 6.14. The summed E-state index contributed by atoms with van der Waals surface area (Å²) >= 11 is 0. The molecule has 1 fully saturated rings. The first-order valence-corrected chi connectivity index (χ1v) is 10.2. The van der Waals surface area contributed by atoms with E-state index in [2.05, 4.69) is 20.9 Å². The van der Waals surface area contributed by atoms with Crippen molar-refractivity contribution in [1.29, 1.82) is 0 Å². The Hall–Kier alpha value is -3.19. The summed E-state index contributed by atoms with van der Waals surface area (Å²) in [6, 6.07) is 11.2. The molecule has 2 bridgehead atoms. The molecule has 0 unspecified atom stereocenters. The molecule has 0 saturated carbocycles. The van der Waals surface area contributed by atoms with Crippen LogP contribution in [0, 0.1) is 5.92 Å². The number of piperidine rings is 1. The van der Waals surface area contributed by atoms with Gasteiger partial charge in [-0.05, 0) is 30.5 Å². The SMILES string of the molecule is COc1c[nH]c(CN2C[C@@H]3C[C@H](C2)c2cc(-c4ccccn4)cc(=O)n2C3)cc1=O. The van der Waals surface area contributed by atoms with Crippen LogP contribution < -0.4 is 15.7 Å². The summed E-state index contributed by atoms with van der Waals surface area (Å²) in [6.45, 7) is 3.19. The Morgan fingerprint density at radius 3 is 2.83 bits per heavy atom. The lowest BCUT2D eigenvalue weighted by Gasteiger charge is -2.43. The number of rotatable bonds is 4. The van der Waals surface area contributed by atoms with E-state index in [1.807, 2.05) is 22.8 Å². The van der Waals surface area contributed by atoms with Gasteiger partial charge in [0.25, 0.3) is 5.56 Å². The van der Waals surface area contributed by atoms with E-state index in [1.165, 1.54) is 7.11 Å². The Kier molecular flexibility index (Phi) is 4.75. The lowest BCUT2D eigenvalue weighted by molar-refractivity contribution is 0.113. The van der Waals surface area contributed by atoms with Gasteiger partial charge in [-0.2, -0.15) is 0 Å². The van der Waals surface area contributed by atoms with E-state index in [1.54, 1.807) is 24.5 Å². The Morgan fingerprint density at radius 1 is 1.17 bits per heavy atom. The first-order valence-electron chi connectivity index (χ1n) is 10.2. The van der Waals surface area contributed by atoms with Crippen LogP contribution in [0.15, 0.2) is 58.4 Å². The molecule has 2 aliphatic heterocycles. The van der Waals surface area contributed by atoms with Gasteiger partial charge < -0.3 is 14.3 Å². The summed E-state index contributed by atoms with van der Waals surface area (Å²) in [6.07, 6.45) is 4.46. The van der Waals surface area contributed by atoms with Crippen LogP contribution in [-0.4, -0.2) is 39.6 Å². The molecule has 0 radical (unpaired) electrons. The van der Waals surface area contributed by atoms with E-state index < -0.39 is 0 Å². The van der Waals surface area contributed by atoms with Crippen molar-refractivity contribution in [2.45, 2.75) is 25.4 Å². The molecule has 3 aromatic heterocycles. The molecule has 5 heterocycles. The summed E-state index contributed by atoms with van der Waals surface area (Å²) < 4.78 is 7.00. The summed E-state index contributed by atoms with van der Waals surface area (Å²) in [4.78, 5) is 34.9. The maximum absolute atomic E-state index is 12.8. The Morgan fingerprint density at radius 2 is 2.07 bits per heavy atom. The van der Waals surface area contributed by atoms with Crippen molar-refractivity contribution in [3.05, 3.63) is 80.8 Å². The minimum atomic E-state index is -0.111. The van der Waals surface area contributed by atoms with Crippen LogP contribution in [-0.2, 0) is 13.1 Å². The normalized spacial score (nSPS) is 20.6. The molecule has 7 nitrogen and oxygen atoms in total. The molecular weight excluding hydrogens is 380 g/mol. The van der Waals surface area contributed by atoms with Crippen LogP contribution in [0.25, 0.3) is 11.3 Å². The second kappa shape index (κ2) is 7.57. The number of nitrogens with zero attached hydrogens (tertiary/aromatic N) is 3. The maximum Gasteiger partial charge on any atom is 0.251 e. The largest absolute Gasteiger partial charge is 0.491 e. The van der Waals surface area contributed by atoms with Crippen LogP contribution in [0.1, 0.15) is 23.7 Å². The van der Waals surface area contributed by atoms with Gasteiger partial charge in [-0.15, -0.1) is 0 Å². The summed E-state index contributed by atoms with van der Waals surface area (Å²) in [5.74, 6) is 1.04. The van der Waals surface area contributed by atoms with Crippen molar-refractivity contribution in [3.8, 4) is 17.0 Å². The van der Waals surface area contributed by atoms with Crippen LogP contribution in [0.2, 0.25) is 0 Å². The van der Waals surface area contributed by atoms with E-state index in [9.17, 15) is 9.59 Å². The molecule has 0 spiro atoms. The average molecular weight is 404 g/mol. The Balaban J connectivity index is 1.42. The van der Waals surface area contributed by atoms with E-state index in [-0.39, 0.29) is 11.0 Å². The van der Waals surface area contributed by atoms with Gasteiger partial charge in [-0.1, -0.05) is 6.07 Å². The van der Waals surface area contributed by atoms with Crippen LogP contribution >= 0.6 is 0 Å². The number of pyridine rings is 3. The smallest absolute Gasteiger partial charge is 0.251 e. The fourth-order valence-corrected chi connectivity index (χ4v) is 4.86. The first-order chi connectivity index (χ1) is 14.6. The van der Waals surface area contributed by atoms with Crippen molar-refractivity contribution in [2.75, 3.05) is 20.2 Å². The number of H-pyrrole nitrogens is 1. The number of hydrogen-bond acceptors (Lipinski definition) is 5. The summed E-state index contributed by atoms with van der Waals surface area (Å²) in [7, 11) is 1.49. The van der Waals surface area contributed by atoms with Crippen LogP contribution in [0.5, 0.6) is 5.75 Å². The highest BCUT2D eigenvalue weighted by Crippen LogP contribution is 2.36. The molecule has 3 aromatic rings. The zero-order valence-corrected chi connectivity index (χ0v) is 16.9. The molecule has 30 heavy (non-hydrogen) atoms. The number of fused-ring (bicyclic) bond motifs is 4. The molecule has 2 aliphatic rings. The van der Waals surface area contributed by atoms with Gasteiger partial charge in [0, 0.05) is 73.6 Å². The first kappa shape index (κ1) is 18.8. The molecule has 2 atom stereocenters. The van der Waals surface area contributed by atoms with Crippen molar-refractivity contribution in [1.82, 2.24) is 19.4 Å². The quantitative estimate of drug-likeness (QED) is 0.721. The number of aromatic nitrogens is 3. The maximum atomic E-state index is 12.8. The zero-order chi connectivity index (χ0) is 20.7. The number of nitrogens with one attached hydrogen (secondary N) is 1. The fourth-order valence-electron chi connectivity index (χ4n) is 4.86. The molecule has 154 valence electrons. The highest BCUT2D eigenvalue weighted by Gasteiger charge is 2.35. The number of aromatic amines is 1. The highest BCUT2D eigenvalue weighted by molar-refractivity contribution is 5.59. The van der Waals surface area contributed by atoms with Gasteiger partial charge >= 0.3 is 0 Å². The lowest BCUT2D eigenvalue weighted by atomic mass is 9.82. The third-order valence-corrected chi connectivity index (χ3v) is 6.14. The predicted molar refractivity (Wildman–Crippen MR) is 114 cm³/mol. The molecular formula is C23H24N4O3. The topological polar surface area (TPSA) is 80.2 Å². The van der Waals surface area contributed by atoms with E-state index in [4.69, 9.17) is 4.74 Å². The lowest BCUT2D eigenvalue weighted by Crippen LogP contribution is -2.46. The van der Waals surface area contributed by atoms with Crippen molar-refractivity contribution in [2.24, 2.45) is 5.92 Å². The minimum absolute atomic E-state index is 0.0517. The van der Waals surface area contributed by atoms with Gasteiger partial charge in [-0.3, -0.25) is 19.5 Å². The zero-order valence-electron chi connectivity index (χ0n) is 16.9. The standard InChI is InChI=1S/C23H24N4O3/c1-30-22-10-25-18(9-21(22)28)14-26-11-15-6-17(13-26)20-7-16(8-23(29)27(20)12-15)19-4-2-3-5-24-19/h2-5,7-10,15,17H,6,11-14H2,1H3,(H,25,28)/t15-,17+/m0/s1. The van der Waals surface area contributed by atoms with E-state index in [0.717, 1.165) is 48.7 Å². The van der Waals surface area contributed by atoms with Gasteiger partial charge in [-0.25, -0.2) is 0 Å². The van der Waals surface area contributed by atoms with Gasteiger partial charge in [0.2, 0.25) is 5.43 Å². The van der Waals surface area contributed by atoms with E-state index in [0.29, 0.717) is 24.1 Å². The second-order valence-corrected chi connectivity index (χ2v) is 8.22. The predicted octanol–water partition coefficient (Wildman–Crippen LogP) is 2.23. The molecule has 0 aromatic carbocycles. The highest BCUT2D eigenvalue weighted by atomic mass is 16.5. The van der Waals surface area contributed by atoms with Crippen molar-refractivity contribution >= 4 is 0 Å². The van der Waals surface area contributed by atoms with Gasteiger partial charge in [0.05, 0.1) is 12.8 Å². The van der Waals surface area contributed by atoms with Gasteiger partial charge in [0.1, 0.15) is 0 Å². The molecule has 7 heteroatoms. The van der Waals surface area contributed by atoms with Crippen molar-refractivity contribution < 1.29 is 4.74 Å². The Bertz CT molecular complexity index is 1190. The molecule has 5 rings (SSSR count). The molecule has 0 amide bonds. The van der Waals surface area contributed by atoms with Gasteiger partial charge in [0.15, 0.2) is 5.75 Å². The number of ether oxygens (including phenoxy) is 1. The second-order valence-electron chi connectivity index (χ2n) is 8.22. The van der Waals surface area contributed by atoms with Crippen LogP contribution in [0.4, 0.5) is 0 Å². The fraction of sp³-hybridized carbons (Fsp3) is 0.348. The van der Waals surface area contributed by atoms with Crippen LogP contribution in [0.3, 0.4) is 0 Å². The Labute approximate surface area is 174 Å². The molecule has 1 saturated heterocycles. The molecule has 1 N–H and O–H groups in total. The minimum Gasteiger partial charge on any atom is -0.491 e. The van der Waals surface area contributed by atoms with Crippen molar-refractivity contribution in [3.63, 3.8) is 0 Å². The van der Waals surface area contributed by atoms with E-state index >= 15 is 0 Å². The average Bonchev–Trinajstić information content (AvgIpc) is 2.75. The monoisotopic (exact) mass is 404 g/mol. The number of likely N-dealkylation sites (tertiary alicyclic amines) is 1. The summed E-state index contributed by atoms with van der Waals surface area (Å²) in [5.41, 5.74) is 3.61. The number of methoxy groups -OCH3 is 1. The summed E-state index contributed by atoms with van der Waals surface area (Å²) in [5, 5.41) is 0. The number of hydrogen-bond donors (Lipinski definition) is 1. The third kappa shape index (κ3) is 3.45.